The van der Waals surface area contributed by atoms with E-state index in [1.807, 2.05) is 0 Å². The molecule has 0 aromatic heterocycles. The first-order chi connectivity index (χ1) is 5.75. The minimum absolute atomic E-state index is 0.250. The minimum Gasteiger partial charge on any atom is -0.376 e. The molecule has 0 unspecified atom stereocenters. The summed E-state index contributed by atoms with van der Waals surface area (Å²) in [7, 11) is 0. The number of piperidine rings is 1. The van der Waals surface area contributed by atoms with Crippen molar-refractivity contribution < 1.29 is 4.74 Å². The molecule has 0 radical (unpaired) electrons. The van der Waals surface area contributed by atoms with E-state index in [4.69, 9.17) is 10.5 Å². The van der Waals surface area contributed by atoms with Crippen LogP contribution in [0.15, 0.2) is 0 Å². The fraction of sp³-hybridized carbons (Fsp3) is 1.00. The number of rotatable bonds is 0. The first kappa shape index (κ1) is 8.48. The van der Waals surface area contributed by atoms with Gasteiger partial charge in [0.15, 0.2) is 0 Å². The molecule has 3 heteroatoms. The Bertz CT molecular complexity index is 160. The van der Waals surface area contributed by atoms with Gasteiger partial charge in [-0.3, -0.25) is 0 Å². The molecule has 2 aliphatic rings. The summed E-state index contributed by atoms with van der Waals surface area (Å²) in [5, 5.41) is 3.36. The third kappa shape index (κ3) is 1.16. The van der Waals surface area contributed by atoms with Crippen molar-refractivity contribution in [3.63, 3.8) is 0 Å². The monoisotopic (exact) mass is 170 g/mol. The summed E-state index contributed by atoms with van der Waals surface area (Å²) in [5.74, 6) is 0. The van der Waals surface area contributed by atoms with Crippen molar-refractivity contribution >= 4 is 0 Å². The van der Waals surface area contributed by atoms with Crippen LogP contribution in [-0.4, -0.2) is 31.8 Å². The van der Waals surface area contributed by atoms with E-state index in [0.717, 1.165) is 19.7 Å². The first-order valence-electron chi connectivity index (χ1n) is 4.82. The zero-order chi connectivity index (χ0) is 8.60. The van der Waals surface area contributed by atoms with E-state index in [2.05, 4.69) is 12.2 Å². The Hall–Kier alpha value is -0.120. The molecule has 2 fully saturated rings. The van der Waals surface area contributed by atoms with E-state index in [1.54, 1.807) is 0 Å². The van der Waals surface area contributed by atoms with Crippen molar-refractivity contribution in [1.29, 1.82) is 0 Å². The summed E-state index contributed by atoms with van der Waals surface area (Å²) in [4.78, 5) is 0. The minimum atomic E-state index is 0.250. The maximum atomic E-state index is 6.14. The van der Waals surface area contributed by atoms with E-state index in [1.165, 1.54) is 12.8 Å². The van der Waals surface area contributed by atoms with Crippen LogP contribution in [-0.2, 0) is 4.74 Å². The van der Waals surface area contributed by atoms with Crippen LogP contribution in [0.2, 0.25) is 0 Å². The molecule has 0 bridgehead atoms. The van der Waals surface area contributed by atoms with Gasteiger partial charge in [0.25, 0.3) is 0 Å². The summed E-state index contributed by atoms with van der Waals surface area (Å²) >= 11 is 0. The second kappa shape index (κ2) is 2.98. The highest BCUT2D eigenvalue weighted by Crippen LogP contribution is 2.39. The summed E-state index contributed by atoms with van der Waals surface area (Å²) in [5.41, 5.74) is 6.43. The summed E-state index contributed by atoms with van der Waals surface area (Å²) in [6, 6.07) is 0.250. The number of hydrogen-bond acceptors (Lipinski definition) is 3. The van der Waals surface area contributed by atoms with Crippen LogP contribution in [0.1, 0.15) is 19.8 Å². The number of nitrogens with one attached hydrogen (secondary N) is 1. The van der Waals surface area contributed by atoms with Crippen molar-refractivity contribution in [2.45, 2.75) is 31.9 Å². The Morgan fingerprint density at radius 2 is 2.08 bits per heavy atom. The van der Waals surface area contributed by atoms with E-state index in [-0.39, 0.29) is 12.1 Å². The fourth-order valence-electron chi connectivity index (χ4n) is 2.40. The lowest BCUT2D eigenvalue weighted by atomic mass is 9.74. The van der Waals surface area contributed by atoms with Gasteiger partial charge in [-0.2, -0.15) is 0 Å². The largest absolute Gasteiger partial charge is 0.376 e. The second-order valence-electron chi connectivity index (χ2n) is 4.15. The van der Waals surface area contributed by atoms with Crippen LogP contribution < -0.4 is 11.1 Å². The predicted molar refractivity (Wildman–Crippen MR) is 47.9 cm³/mol. The quantitative estimate of drug-likeness (QED) is 0.542. The lowest BCUT2D eigenvalue weighted by molar-refractivity contribution is 0.0952. The number of nitrogens with two attached hydrogens (primary N) is 1. The van der Waals surface area contributed by atoms with Gasteiger partial charge < -0.3 is 15.8 Å². The molecule has 2 aliphatic heterocycles. The van der Waals surface area contributed by atoms with E-state index >= 15 is 0 Å². The van der Waals surface area contributed by atoms with Crippen molar-refractivity contribution in [2.24, 2.45) is 11.1 Å². The zero-order valence-electron chi connectivity index (χ0n) is 7.68. The molecule has 12 heavy (non-hydrogen) atoms. The van der Waals surface area contributed by atoms with Crippen molar-refractivity contribution in [3.8, 4) is 0 Å². The molecule has 2 saturated heterocycles. The molecule has 2 atom stereocenters. The van der Waals surface area contributed by atoms with Gasteiger partial charge in [0.2, 0.25) is 0 Å². The van der Waals surface area contributed by atoms with Gasteiger partial charge in [0, 0.05) is 11.5 Å². The molecule has 0 amide bonds. The maximum Gasteiger partial charge on any atom is 0.0704 e. The molecule has 2 rings (SSSR count). The predicted octanol–water partition coefficient (Wildman–Crippen LogP) is 0.102. The van der Waals surface area contributed by atoms with E-state index in [0.29, 0.717) is 5.41 Å². The molecule has 3 N–H and O–H groups in total. The number of ether oxygens (including phenoxy) is 1. The van der Waals surface area contributed by atoms with Crippen molar-refractivity contribution in [2.75, 3.05) is 19.7 Å². The molecule has 3 nitrogen and oxygen atoms in total. The summed E-state index contributed by atoms with van der Waals surface area (Å²) in [6.45, 7) is 5.16. The molecule has 70 valence electrons. The summed E-state index contributed by atoms with van der Waals surface area (Å²) in [6.07, 6.45) is 2.61. The highest BCUT2D eigenvalue weighted by molar-refractivity contribution is 4.99. The van der Waals surface area contributed by atoms with Gasteiger partial charge in [0.1, 0.15) is 0 Å². The molecule has 0 saturated carbocycles. The zero-order valence-corrected chi connectivity index (χ0v) is 7.68. The third-order valence-corrected chi connectivity index (χ3v) is 3.45. The molecule has 0 aliphatic carbocycles. The smallest absolute Gasteiger partial charge is 0.0704 e. The van der Waals surface area contributed by atoms with Gasteiger partial charge in [0.05, 0.1) is 12.7 Å². The molecule has 1 spiro atoms. The Labute approximate surface area is 73.7 Å². The topological polar surface area (TPSA) is 47.3 Å². The Kier molecular flexibility index (Phi) is 2.10. The maximum absolute atomic E-state index is 6.14. The molecule has 2 heterocycles. The van der Waals surface area contributed by atoms with Crippen LogP contribution in [0.5, 0.6) is 0 Å². The number of hydrogen-bond donors (Lipinski definition) is 2. The van der Waals surface area contributed by atoms with Crippen molar-refractivity contribution in [3.05, 3.63) is 0 Å². The Morgan fingerprint density at radius 1 is 1.42 bits per heavy atom. The van der Waals surface area contributed by atoms with Gasteiger partial charge in [-0.1, -0.05) is 0 Å². The van der Waals surface area contributed by atoms with Gasteiger partial charge in [-0.05, 0) is 32.9 Å². The van der Waals surface area contributed by atoms with E-state index < -0.39 is 0 Å². The highest BCUT2D eigenvalue weighted by atomic mass is 16.5. The average Bonchev–Trinajstić information content (AvgIpc) is 2.37. The van der Waals surface area contributed by atoms with Gasteiger partial charge in [-0.15, -0.1) is 0 Å². The van der Waals surface area contributed by atoms with Crippen molar-refractivity contribution in [1.82, 2.24) is 5.32 Å². The Balaban J connectivity index is 2.09. The normalized spacial score (nSPS) is 40.5. The molecular formula is C9H18N2O. The average molecular weight is 170 g/mol. The lowest BCUT2D eigenvalue weighted by Gasteiger charge is -2.36. The third-order valence-electron chi connectivity index (χ3n) is 3.45. The fourth-order valence-corrected chi connectivity index (χ4v) is 2.40. The Morgan fingerprint density at radius 3 is 2.58 bits per heavy atom. The van der Waals surface area contributed by atoms with Gasteiger partial charge in [-0.25, -0.2) is 0 Å². The molecule has 0 aromatic carbocycles. The van der Waals surface area contributed by atoms with Gasteiger partial charge >= 0.3 is 0 Å². The van der Waals surface area contributed by atoms with Crippen LogP contribution in [0.25, 0.3) is 0 Å². The van der Waals surface area contributed by atoms with Crippen LogP contribution in [0.4, 0.5) is 0 Å². The first-order valence-corrected chi connectivity index (χ1v) is 4.82. The second-order valence-corrected chi connectivity index (χ2v) is 4.15. The summed E-state index contributed by atoms with van der Waals surface area (Å²) < 4.78 is 5.61. The molecule has 0 aromatic rings. The van der Waals surface area contributed by atoms with Crippen LogP contribution >= 0.6 is 0 Å². The van der Waals surface area contributed by atoms with Crippen LogP contribution in [0, 0.1) is 5.41 Å². The standard InChI is InChI=1S/C9H18N2O/c1-7-8(10)9(6-12-7)2-4-11-5-3-9/h7-8,11H,2-6,10H2,1H3/t7-,8-/m0/s1. The highest BCUT2D eigenvalue weighted by Gasteiger charge is 2.46. The SMILES string of the molecule is C[C@@H]1OCC2(CCNCC2)[C@H]1N. The van der Waals surface area contributed by atoms with Crippen LogP contribution in [0.3, 0.4) is 0 Å². The molecular weight excluding hydrogens is 152 g/mol. The van der Waals surface area contributed by atoms with E-state index in [9.17, 15) is 0 Å². The lowest BCUT2D eigenvalue weighted by Crippen LogP contribution is -2.49.